The summed E-state index contributed by atoms with van der Waals surface area (Å²) in [5.74, 6) is 1.33. The van der Waals surface area contributed by atoms with Gasteiger partial charge in [-0.2, -0.15) is 0 Å². The molecule has 3 rings (SSSR count). The highest BCUT2D eigenvalue weighted by atomic mass is 16.5. The van der Waals surface area contributed by atoms with E-state index < -0.39 is 0 Å². The summed E-state index contributed by atoms with van der Waals surface area (Å²) in [5.41, 5.74) is 1.34. The molecule has 1 aliphatic heterocycles. The van der Waals surface area contributed by atoms with Crippen molar-refractivity contribution >= 4 is 17.7 Å². The van der Waals surface area contributed by atoms with Crippen LogP contribution in [0, 0.1) is 5.92 Å². The Morgan fingerprint density at radius 1 is 1.05 bits per heavy atom. The molecule has 1 aliphatic rings. The van der Waals surface area contributed by atoms with Gasteiger partial charge in [0.2, 0.25) is 0 Å². The van der Waals surface area contributed by atoms with Crippen molar-refractivity contribution in [2.24, 2.45) is 10.9 Å². The Morgan fingerprint density at radius 2 is 1.84 bits per heavy atom. The molecule has 0 fully saturated rings. The fourth-order valence-corrected chi connectivity index (χ4v) is 2.02. The lowest BCUT2D eigenvalue weighted by molar-refractivity contribution is 0.0962. The Bertz CT molecular complexity index is 647. The first-order valence-corrected chi connectivity index (χ1v) is 6.19. The van der Waals surface area contributed by atoms with Gasteiger partial charge in [0.1, 0.15) is 11.5 Å². The molecule has 2 aromatic carbocycles. The van der Waals surface area contributed by atoms with E-state index in [1.165, 1.54) is 0 Å². The maximum Gasteiger partial charge on any atom is 0.173 e. The molecule has 0 radical (unpaired) electrons. The van der Waals surface area contributed by atoms with Gasteiger partial charge in [-0.25, -0.2) is 0 Å². The van der Waals surface area contributed by atoms with Crippen LogP contribution in [0.15, 0.2) is 53.5 Å². The van der Waals surface area contributed by atoms with E-state index in [-0.39, 0.29) is 11.7 Å². The van der Waals surface area contributed by atoms with Gasteiger partial charge in [0.25, 0.3) is 0 Å². The van der Waals surface area contributed by atoms with Gasteiger partial charge in [0, 0.05) is 11.8 Å². The summed E-state index contributed by atoms with van der Waals surface area (Å²) in [6.45, 7) is 1.85. The summed E-state index contributed by atoms with van der Waals surface area (Å²) in [5, 5.41) is 0. The van der Waals surface area contributed by atoms with Crippen molar-refractivity contribution < 1.29 is 9.53 Å². The summed E-state index contributed by atoms with van der Waals surface area (Å²) < 4.78 is 5.72. The van der Waals surface area contributed by atoms with Gasteiger partial charge in [0.15, 0.2) is 5.78 Å². The standard InChI is InChI=1S/C16H13NO2/c1-11-10-17-15-8-7-13(9-14(15)16(11)18)19-12-5-3-2-4-6-12/h2-11H,1H3. The Balaban J connectivity index is 1.94. The zero-order valence-electron chi connectivity index (χ0n) is 10.5. The molecule has 3 nitrogen and oxygen atoms in total. The lowest BCUT2D eigenvalue weighted by Gasteiger charge is -2.15. The number of hydrogen-bond acceptors (Lipinski definition) is 3. The van der Waals surface area contributed by atoms with E-state index in [9.17, 15) is 4.79 Å². The predicted octanol–water partition coefficient (Wildman–Crippen LogP) is 4.01. The molecule has 0 amide bonds. The van der Waals surface area contributed by atoms with Gasteiger partial charge in [-0.1, -0.05) is 25.1 Å². The monoisotopic (exact) mass is 251 g/mol. The fourth-order valence-electron chi connectivity index (χ4n) is 2.02. The maximum absolute atomic E-state index is 12.1. The van der Waals surface area contributed by atoms with E-state index in [4.69, 9.17) is 4.74 Å². The summed E-state index contributed by atoms with van der Waals surface area (Å²) in [4.78, 5) is 16.3. The van der Waals surface area contributed by atoms with Gasteiger partial charge in [-0.15, -0.1) is 0 Å². The highest BCUT2D eigenvalue weighted by Crippen LogP contribution is 2.31. The molecule has 19 heavy (non-hydrogen) atoms. The van der Waals surface area contributed by atoms with Crippen LogP contribution < -0.4 is 4.74 Å². The Kier molecular flexibility index (Phi) is 2.88. The first kappa shape index (κ1) is 11.7. The predicted molar refractivity (Wildman–Crippen MR) is 74.6 cm³/mol. The molecule has 0 bridgehead atoms. The third-order valence-corrected chi connectivity index (χ3v) is 3.06. The lowest BCUT2D eigenvalue weighted by Crippen LogP contribution is -2.16. The second-order valence-corrected chi connectivity index (χ2v) is 4.53. The summed E-state index contributed by atoms with van der Waals surface area (Å²) in [6, 6.07) is 14.9. The van der Waals surface area contributed by atoms with E-state index in [2.05, 4.69) is 4.99 Å². The van der Waals surface area contributed by atoms with Crippen LogP contribution in [0.2, 0.25) is 0 Å². The molecule has 1 unspecified atom stereocenters. The minimum absolute atomic E-state index is 0.0866. The number of nitrogens with zero attached hydrogens (tertiary/aromatic N) is 1. The van der Waals surface area contributed by atoms with Crippen LogP contribution >= 0.6 is 0 Å². The van der Waals surface area contributed by atoms with E-state index in [0.29, 0.717) is 17.0 Å². The number of para-hydroxylation sites is 1. The highest BCUT2D eigenvalue weighted by molar-refractivity contribution is 6.12. The molecule has 0 aliphatic carbocycles. The number of ether oxygens (including phenoxy) is 1. The van der Waals surface area contributed by atoms with Crippen molar-refractivity contribution in [3.05, 3.63) is 54.1 Å². The van der Waals surface area contributed by atoms with Crippen LogP contribution in [0.1, 0.15) is 17.3 Å². The molecule has 1 heterocycles. The number of Topliss-reactive ketones (excluding diaryl/α,β-unsaturated/α-hetero) is 1. The van der Waals surface area contributed by atoms with Gasteiger partial charge in [-0.3, -0.25) is 9.79 Å². The van der Waals surface area contributed by atoms with Crippen molar-refractivity contribution in [1.29, 1.82) is 0 Å². The zero-order valence-corrected chi connectivity index (χ0v) is 10.5. The highest BCUT2D eigenvalue weighted by Gasteiger charge is 2.21. The van der Waals surface area contributed by atoms with Crippen LogP contribution in [0.4, 0.5) is 5.69 Å². The summed E-state index contributed by atoms with van der Waals surface area (Å²) >= 11 is 0. The van der Waals surface area contributed by atoms with Crippen molar-refractivity contribution in [1.82, 2.24) is 0 Å². The van der Waals surface area contributed by atoms with Gasteiger partial charge in [-0.05, 0) is 30.3 Å². The maximum atomic E-state index is 12.1. The molecule has 0 spiro atoms. The zero-order chi connectivity index (χ0) is 13.2. The number of ketones is 1. The van der Waals surface area contributed by atoms with Crippen molar-refractivity contribution in [2.45, 2.75) is 6.92 Å². The van der Waals surface area contributed by atoms with E-state index >= 15 is 0 Å². The fraction of sp³-hybridized carbons (Fsp3) is 0.125. The van der Waals surface area contributed by atoms with Crippen molar-refractivity contribution in [3.63, 3.8) is 0 Å². The third-order valence-electron chi connectivity index (χ3n) is 3.06. The minimum Gasteiger partial charge on any atom is -0.457 e. The number of benzene rings is 2. The average Bonchev–Trinajstić information content (AvgIpc) is 2.45. The van der Waals surface area contributed by atoms with E-state index in [1.54, 1.807) is 12.3 Å². The van der Waals surface area contributed by atoms with Crippen LogP contribution in [-0.4, -0.2) is 12.0 Å². The molecule has 0 aromatic heterocycles. The Morgan fingerprint density at radius 3 is 2.63 bits per heavy atom. The molecule has 2 aromatic rings. The van der Waals surface area contributed by atoms with Crippen LogP contribution in [0.25, 0.3) is 0 Å². The normalized spacial score (nSPS) is 17.1. The topological polar surface area (TPSA) is 38.7 Å². The molecule has 0 saturated heterocycles. The first-order chi connectivity index (χ1) is 9.24. The molecular formula is C16H13NO2. The first-order valence-electron chi connectivity index (χ1n) is 6.19. The van der Waals surface area contributed by atoms with Crippen LogP contribution in [-0.2, 0) is 0 Å². The quantitative estimate of drug-likeness (QED) is 0.808. The lowest BCUT2D eigenvalue weighted by atomic mass is 9.96. The van der Waals surface area contributed by atoms with E-state index in [0.717, 1.165) is 5.75 Å². The number of hydrogen-bond donors (Lipinski definition) is 0. The number of carbonyl (C=O) groups is 1. The minimum atomic E-state index is -0.167. The van der Waals surface area contributed by atoms with Crippen molar-refractivity contribution in [3.8, 4) is 11.5 Å². The largest absolute Gasteiger partial charge is 0.457 e. The van der Waals surface area contributed by atoms with Crippen molar-refractivity contribution in [2.75, 3.05) is 0 Å². The average molecular weight is 251 g/mol. The van der Waals surface area contributed by atoms with Gasteiger partial charge < -0.3 is 4.74 Å². The van der Waals surface area contributed by atoms with Crippen LogP contribution in [0.3, 0.4) is 0 Å². The van der Waals surface area contributed by atoms with Gasteiger partial charge >= 0.3 is 0 Å². The Labute approximate surface area is 111 Å². The molecule has 3 heteroatoms. The molecule has 0 N–H and O–H groups in total. The van der Waals surface area contributed by atoms with Gasteiger partial charge in [0.05, 0.1) is 11.6 Å². The number of aliphatic imine (C=N–C) groups is 1. The number of rotatable bonds is 2. The number of fused-ring (bicyclic) bond motifs is 1. The molecule has 94 valence electrons. The third kappa shape index (κ3) is 2.27. The molecule has 0 saturated carbocycles. The SMILES string of the molecule is CC1C=Nc2ccc(Oc3ccccc3)cc2C1=O. The van der Waals surface area contributed by atoms with Crippen LogP contribution in [0.5, 0.6) is 11.5 Å². The smallest absolute Gasteiger partial charge is 0.173 e. The number of carbonyl (C=O) groups excluding carboxylic acids is 1. The second kappa shape index (κ2) is 4.69. The summed E-state index contributed by atoms with van der Waals surface area (Å²) in [7, 11) is 0. The summed E-state index contributed by atoms with van der Waals surface area (Å²) in [6.07, 6.45) is 1.68. The van der Waals surface area contributed by atoms with E-state index in [1.807, 2.05) is 49.4 Å². The molecular weight excluding hydrogens is 238 g/mol. The second-order valence-electron chi connectivity index (χ2n) is 4.53. The molecule has 1 atom stereocenters. The Hall–Kier alpha value is -2.42.